The maximum Gasteiger partial charge on any atom is 0.220 e. The Morgan fingerprint density at radius 2 is 2.05 bits per heavy atom. The van der Waals surface area contributed by atoms with Crippen molar-refractivity contribution in [2.75, 3.05) is 38.4 Å². The van der Waals surface area contributed by atoms with Gasteiger partial charge < -0.3 is 15.4 Å². The Kier molecular flexibility index (Phi) is 25.1. The molecule has 0 atom stereocenters. The molecule has 4 nitrogen and oxygen atoms in total. The number of carbonyl (C=O) groups excluding carboxylic acids is 1. The van der Waals surface area contributed by atoms with E-state index in [9.17, 15) is 4.79 Å². The van der Waals surface area contributed by atoms with Gasteiger partial charge in [0.15, 0.2) is 0 Å². The first-order chi connectivity index (χ1) is 10.8. The molecule has 0 fully saturated rings. The molecule has 0 aromatic carbocycles. The second-order valence-corrected chi connectivity index (χ2v) is 6.44. The van der Waals surface area contributed by atoms with Crippen LogP contribution in [0.25, 0.3) is 0 Å². The first-order valence-corrected chi connectivity index (χ1v) is 10.3. The smallest absolute Gasteiger partial charge is 0.220 e. The topological polar surface area (TPSA) is 50.4 Å². The van der Waals surface area contributed by atoms with E-state index in [0.717, 1.165) is 31.7 Å². The van der Waals surface area contributed by atoms with Gasteiger partial charge in [0, 0.05) is 25.3 Å². The van der Waals surface area contributed by atoms with Gasteiger partial charge >= 0.3 is 0 Å². The SMILES string of the molecule is CC.C[B]C#CCNC(=O)CCCCOCSSCCNC. The first kappa shape index (κ1) is 24.0. The number of hydrogen-bond donors (Lipinski definition) is 2. The summed E-state index contributed by atoms with van der Waals surface area (Å²) in [7, 11) is 7.25. The fraction of sp³-hybridized carbons (Fsp3) is 0.800. The summed E-state index contributed by atoms with van der Waals surface area (Å²) in [5, 5.41) is 5.86. The number of unbranched alkanes of at least 4 members (excludes halogenated alkanes) is 1. The molecule has 127 valence electrons. The maximum absolute atomic E-state index is 11.4. The van der Waals surface area contributed by atoms with E-state index < -0.39 is 0 Å². The summed E-state index contributed by atoms with van der Waals surface area (Å²) in [6.07, 6.45) is 2.32. The molecule has 1 amide bonds. The lowest BCUT2D eigenvalue weighted by molar-refractivity contribution is -0.121. The summed E-state index contributed by atoms with van der Waals surface area (Å²) in [5.41, 5.74) is 0. The van der Waals surface area contributed by atoms with Crippen molar-refractivity contribution in [3.8, 4) is 11.7 Å². The molecule has 0 aliphatic carbocycles. The zero-order chi connectivity index (χ0) is 16.9. The summed E-state index contributed by atoms with van der Waals surface area (Å²) in [5.74, 6) is 7.49. The van der Waals surface area contributed by atoms with Gasteiger partial charge in [0.25, 0.3) is 0 Å². The summed E-state index contributed by atoms with van der Waals surface area (Å²) in [4.78, 5) is 11.4. The zero-order valence-corrected chi connectivity index (χ0v) is 16.0. The van der Waals surface area contributed by atoms with Gasteiger partial charge in [-0.3, -0.25) is 4.79 Å². The maximum atomic E-state index is 11.4. The Morgan fingerprint density at radius 1 is 1.27 bits per heavy atom. The molecule has 1 radical (unpaired) electrons. The van der Waals surface area contributed by atoms with Crippen LogP contribution in [0.3, 0.4) is 0 Å². The van der Waals surface area contributed by atoms with Crippen molar-refractivity contribution >= 4 is 34.8 Å². The highest BCUT2D eigenvalue weighted by Crippen LogP contribution is 2.20. The number of hydrogen-bond acceptors (Lipinski definition) is 5. The first-order valence-electron chi connectivity index (χ1n) is 7.81. The van der Waals surface area contributed by atoms with Crippen molar-refractivity contribution in [1.82, 2.24) is 10.6 Å². The predicted molar refractivity (Wildman–Crippen MR) is 102 cm³/mol. The van der Waals surface area contributed by atoms with Gasteiger partial charge in [-0.05, 0) is 19.9 Å². The van der Waals surface area contributed by atoms with Crippen molar-refractivity contribution in [2.24, 2.45) is 0 Å². The van der Waals surface area contributed by atoms with E-state index in [1.165, 1.54) is 0 Å². The van der Waals surface area contributed by atoms with Crippen LogP contribution in [0, 0.1) is 11.7 Å². The van der Waals surface area contributed by atoms with E-state index in [4.69, 9.17) is 4.74 Å². The van der Waals surface area contributed by atoms with Crippen LogP contribution in [0.15, 0.2) is 0 Å². The Morgan fingerprint density at radius 3 is 2.73 bits per heavy atom. The number of nitrogens with one attached hydrogen (secondary N) is 2. The van der Waals surface area contributed by atoms with Gasteiger partial charge in [-0.1, -0.05) is 48.2 Å². The molecule has 0 aromatic heterocycles. The average Bonchev–Trinajstić information content (AvgIpc) is 2.55. The fourth-order valence-corrected chi connectivity index (χ4v) is 2.87. The molecule has 0 saturated carbocycles. The standard InChI is InChI=1S/C13H24BN2O2S2.C2H6/c1-14-7-5-8-16-13(17)6-3-4-10-18-12-20-19-11-9-15-2;1-2/h15H,3-4,6,8-12H2,1-2H3,(H,16,17);1-2H3. The van der Waals surface area contributed by atoms with Crippen molar-refractivity contribution in [1.29, 1.82) is 0 Å². The van der Waals surface area contributed by atoms with Crippen molar-refractivity contribution in [3.05, 3.63) is 0 Å². The second-order valence-electron chi connectivity index (χ2n) is 3.91. The van der Waals surface area contributed by atoms with Crippen LogP contribution in [0.5, 0.6) is 0 Å². The number of ether oxygens (including phenoxy) is 1. The van der Waals surface area contributed by atoms with E-state index in [0.29, 0.717) is 18.9 Å². The molecule has 2 N–H and O–H groups in total. The average molecular weight is 345 g/mol. The van der Waals surface area contributed by atoms with Crippen LogP contribution in [0.4, 0.5) is 0 Å². The van der Waals surface area contributed by atoms with E-state index in [1.54, 1.807) is 18.1 Å². The molecule has 0 aliphatic rings. The molecule has 0 saturated heterocycles. The Hall–Kier alpha value is -0.285. The van der Waals surface area contributed by atoms with Crippen LogP contribution in [-0.2, 0) is 9.53 Å². The normalized spacial score (nSPS) is 9.09. The summed E-state index contributed by atoms with van der Waals surface area (Å²) in [6.45, 7) is 8.04. The monoisotopic (exact) mass is 345 g/mol. The Bertz CT molecular complexity index is 297. The summed E-state index contributed by atoms with van der Waals surface area (Å²) >= 11 is 0. The number of amides is 1. The third-order valence-corrected chi connectivity index (χ3v) is 4.30. The van der Waals surface area contributed by atoms with Gasteiger partial charge in [-0.2, -0.15) is 5.82 Å². The minimum absolute atomic E-state index is 0.0624. The van der Waals surface area contributed by atoms with Crippen LogP contribution in [0.2, 0.25) is 6.82 Å². The quantitative estimate of drug-likeness (QED) is 0.187. The highest BCUT2D eigenvalue weighted by Gasteiger charge is 1.99. The van der Waals surface area contributed by atoms with Gasteiger partial charge in [0.05, 0.1) is 6.54 Å². The molecular weight excluding hydrogens is 315 g/mol. The largest absolute Gasteiger partial charge is 0.370 e. The molecule has 0 heterocycles. The Labute approximate surface area is 145 Å². The van der Waals surface area contributed by atoms with Gasteiger partial charge in [0.1, 0.15) is 5.94 Å². The number of rotatable bonds is 12. The molecule has 7 heteroatoms. The molecule has 0 rings (SSSR count). The zero-order valence-electron chi connectivity index (χ0n) is 14.4. The van der Waals surface area contributed by atoms with E-state index >= 15 is 0 Å². The third kappa shape index (κ3) is 22.0. The van der Waals surface area contributed by atoms with Gasteiger partial charge in [-0.15, -0.1) is 0 Å². The lowest BCUT2D eigenvalue weighted by atomic mass is 9.84. The fourth-order valence-electron chi connectivity index (χ4n) is 1.20. The van der Waals surface area contributed by atoms with Gasteiger partial charge in [0.2, 0.25) is 13.2 Å². The molecule has 0 spiro atoms. The van der Waals surface area contributed by atoms with E-state index in [1.807, 2.05) is 38.5 Å². The Balaban J connectivity index is 0. The number of carbonyl (C=O) groups is 1. The molecule has 0 bridgehead atoms. The second kappa shape index (κ2) is 23.0. The molecular formula is C15H30BN2O2S2. The van der Waals surface area contributed by atoms with Gasteiger partial charge in [-0.25, -0.2) is 0 Å². The van der Waals surface area contributed by atoms with Crippen LogP contribution in [-0.4, -0.2) is 51.6 Å². The molecule has 0 aliphatic heterocycles. The summed E-state index contributed by atoms with van der Waals surface area (Å²) < 4.78 is 5.47. The lowest BCUT2D eigenvalue weighted by Gasteiger charge is -2.04. The van der Waals surface area contributed by atoms with Crippen molar-refractivity contribution in [3.63, 3.8) is 0 Å². The summed E-state index contributed by atoms with van der Waals surface area (Å²) in [6, 6.07) is 0. The molecule has 0 aromatic rings. The minimum Gasteiger partial charge on any atom is -0.370 e. The highest BCUT2D eigenvalue weighted by molar-refractivity contribution is 8.76. The third-order valence-electron chi connectivity index (χ3n) is 2.21. The van der Waals surface area contributed by atoms with Crippen LogP contribution < -0.4 is 10.6 Å². The van der Waals surface area contributed by atoms with E-state index in [-0.39, 0.29) is 5.91 Å². The van der Waals surface area contributed by atoms with E-state index in [2.05, 4.69) is 22.4 Å². The van der Waals surface area contributed by atoms with Crippen molar-refractivity contribution < 1.29 is 9.53 Å². The molecule has 22 heavy (non-hydrogen) atoms. The molecule has 0 unspecified atom stereocenters. The predicted octanol–water partition coefficient (Wildman–Crippen LogP) is 2.59. The minimum atomic E-state index is 0.0624. The van der Waals surface area contributed by atoms with Crippen molar-refractivity contribution in [2.45, 2.75) is 39.9 Å². The van der Waals surface area contributed by atoms with Crippen LogP contribution in [0.1, 0.15) is 33.1 Å². The highest BCUT2D eigenvalue weighted by atomic mass is 33.1. The van der Waals surface area contributed by atoms with Crippen LogP contribution >= 0.6 is 21.6 Å². The lowest BCUT2D eigenvalue weighted by Crippen LogP contribution is -2.23.